The predicted octanol–water partition coefficient (Wildman–Crippen LogP) is 7.11. The highest BCUT2D eigenvalue weighted by Crippen LogP contribution is 2.44. The topological polar surface area (TPSA) is 20.3 Å². The van der Waals surface area contributed by atoms with Crippen molar-refractivity contribution in [2.75, 3.05) is 11.9 Å². The van der Waals surface area contributed by atoms with Gasteiger partial charge in [0.25, 0.3) is 0 Å². The van der Waals surface area contributed by atoms with Gasteiger partial charge in [-0.3, -0.25) is 4.79 Å². The normalized spacial score (nSPS) is 27.9. The molecule has 1 aromatic rings. The number of benzene rings is 1. The van der Waals surface area contributed by atoms with Gasteiger partial charge in [0.05, 0.1) is 0 Å². The number of carbonyl (C=O) groups excluding carboxylic acids is 1. The van der Waals surface area contributed by atoms with Crippen LogP contribution in [0.3, 0.4) is 0 Å². The van der Waals surface area contributed by atoms with Gasteiger partial charge in [0, 0.05) is 19.2 Å². The molecular weight excluding hydrogens is 342 g/mol. The maximum atomic E-state index is 11.9. The summed E-state index contributed by atoms with van der Waals surface area (Å²) in [5.74, 6) is 3.79. The zero-order valence-corrected chi connectivity index (χ0v) is 18.0. The predicted molar refractivity (Wildman–Crippen MR) is 120 cm³/mol. The van der Waals surface area contributed by atoms with Gasteiger partial charge in [0.1, 0.15) is 0 Å². The van der Waals surface area contributed by atoms with Crippen molar-refractivity contribution < 1.29 is 4.79 Å². The Labute approximate surface area is 172 Å². The maximum absolute atomic E-state index is 11.9. The van der Waals surface area contributed by atoms with Crippen LogP contribution in [0.2, 0.25) is 0 Å². The average Bonchev–Trinajstić information content (AvgIpc) is 2.77. The minimum atomic E-state index is 0.174. The van der Waals surface area contributed by atoms with E-state index >= 15 is 0 Å². The molecule has 0 heterocycles. The van der Waals surface area contributed by atoms with Crippen LogP contribution in [0.5, 0.6) is 0 Å². The van der Waals surface area contributed by atoms with Gasteiger partial charge >= 0.3 is 0 Å². The van der Waals surface area contributed by atoms with E-state index in [4.69, 9.17) is 0 Å². The lowest BCUT2D eigenvalue weighted by atomic mass is 9.68. The van der Waals surface area contributed by atoms with Crippen LogP contribution in [0.4, 0.5) is 5.69 Å². The molecule has 154 valence electrons. The van der Waals surface area contributed by atoms with Crippen LogP contribution in [0.25, 0.3) is 0 Å². The third kappa shape index (κ3) is 5.27. The maximum Gasteiger partial charge on any atom is 0.226 e. The second-order valence-electron chi connectivity index (χ2n) is 9.16. The average molecular weight is 382 g/mol. The first kappa shape index (κ1) is 21.1. The first-order chi connectivity index (χ1) is 13.6. The fourth-order valence-corrected chi connectivity index (χ4v) is 5.58. The molecule has 0 aliphatic heterocycles. The minimum Gasteiger partial charge on any atom is -0.316 e. The largest absolute Gasteiger partial charge is 0.316 e. The number of hydrogen-bond acceptors (Lipinski definition) is 1. The van der Waals surface area contributed by atoms with E-state index in [2.05, 4.69) is 36.9 Å². The number of rotatable bonds is 7. The van der Waals surface area contributed by atoms with Gasteiger partial charge in [-0.05, 0) is 92.7 Å². The molecule has 1 aromatic carbocycles. The molecule has 0 saturated heterocycles. The summed E-state index contributed by atoms with van der Waals surface area (Å²) in [6, 6.07) is 8.76. The molecule has 2 aliphatic carbocycles. The van der Waals surface area contributed by atoms with E-state index in [1.54, 1.807) is 4.90 Å². The highest BCUT2D eigenvalue weighted by Gasteiger charge is 2.31. The van der Waals surface area contributed by atoms with Gasteiger partial charge in [-0.15, -0.1) is 6.58 Å². The fourth-order valence-electron chi connectivity index (χ4n) is 5.58. The van der Waals surface area contributed by atoms with Crippen molar-refractivity contribution >= 4 is 11.6 Å². The lowest BCUT2D eigenvalue weighted by Gasteiger charge is -2.38. The van der Waals surface area contributed by atoms with Crippen molar-refractivity contribution in [3.63, 3.8) is 0 Å². The van der Waals surface area contributed by atoms with Gasteiger partial charge in [-0.2, -0.15) is 0 Å². The number of anilines is 1. The second kappa shape index (κ2) is 10.3. The van der Waals surface area contributed by atoms with Gasteiger partial charge in [-0.25, -0.2) is 0 Å². The summed E-state index contributed by atoms with van der Waals surface area (Å²) in [7, 11) is 1.87. The smallest absolute Gasteiger partial charge is 0.226 e. The number of nitrogens with zero attached hydrogens (tertiary/aromatic N) is 1. The molecule has 1 amide bonds. The van der Waals surface area contributed by atoms with E-state index in [0.29, 0.717) is 12.3 Å². The molecule has 2 fully saturated rings. The molecule has 0 atom stereocenters. The molecule has 2 aliphatic rings. The Morgan fingerprint density at radius 1 is 1.00 bits per heavy atom. The van der Waals surface area contributed by atoms with E-state index in [-0.39, 0.29) is 5.91 Å². The third-order valence-electron chi connectivity index (χ3n) is 7.54. The van der Waals surface area contributed by atoms with Crippen molar-refractivity contribution in [3.05, 3.63) is 42.5 Å². The van der Waals surface area contributed by atoms with Crippen LogP contribution in [0.1, 0.15) is 89.0 Å². The van der Waals surface area contributed by atoms with E-state index in [1.807, 2.05) is 14.0 Å². The number of carbonyl (C=O) groups is 1. The third-order valence-corrected chi connectivity index (χ3v) is 7.54. The molecule has 0 radical (unpaired) electrons. The Balaban J connectivity index is 1.46. The Kier molecular flexibility index (Phi) is 7.76. The van der Waals surface area contributed by atoms with Crippen LogP contribution in [-0.4, -0.2) is 13.0 Å². The van der Waals surface area contributed by atoms with Crippen molar-refractivity contribution in [2.45, 2.75) is 83.5 Å². The van der Waals surface area contributed by atoms with Gasteiger partial charge in [0.2, 0.25) is 5.91 Å². The summed E-state index contributed by atoms with van der Waals surface area (Å²) in [6.45, 7) is 5.79. The highest BCUT2D eigenvalue weighted by molar-refractivity contribution is 5.92. The molecule has 2 saturated carbocycles. The summed E-state index contributed by atoms with van der Waals surface area (Å²) in [5, 5.41) is 0. The zero-order chi connectivity index (χ0) is 19.9. The van der Waals surface area contributed by atoms with Gasteiger partial charge in [0.15, 0.2) is 0 Å². The summed E-state index contributed by atoms with van der Waals surface area (Å²) in [5.41, 5.74) is 2.48. The molecule has 0 unspecified atom stereocenters. The minimum absolute atomic E-state index is 0.174. The highest BCUT2D eigenvalue weighted by atomic mass is 16.2. The summed E-state index contributed by atoms with van der Waals surface area (Å²) < 4.78 is 0. The molecule has 0 bridgehead atoms. The molecule has 28 heavy (non-hydrogen) atoms. The van der Waals surface area contributed by atoms with Gasteiger partial charge in [-0.1, -0.05) is 38.0 Å². The SMILES string of the molecule is C=CCCC1CCC(C2CCC(c3ccc(N(C)C(=O)CC)cc3)CC2)CC1. The second-order valence-corrected chi connectivity index (χ2v) is 9.16. The number of allylic oxidation sites excluding steroid dienone is 1. The number of amides is 1. The van der Waals surface area contributed by atoms with Crippen LogP contribution in [-0.2, 0) is 4.79 Å². The quantitative estimate of drug-likeness (QED) is 0.461. The molecule has 0 aromatic heterocycles. The standard InChI is InChI=1S/C26H39NO/c1-4-6-7-20-8-10-21(11-9-20)22-12-14-23(15-13-22)24-16-18-25(19-17-24)27(3)26(28)5-2/h4,16-23H,1,5-15H2,2-3H3. The van der Waals surface area contributed by atoms with Crippen LogP contribution in [0.15, 0.2) is 36.9 Å². The van der Waals surface area contributed by atoms with E-state index < -0.39 is 0 Å². The molecule has 3 rings (SSSR count). The fraction of sp³-hybridized carbons (Fsp3) is 0.654. The van der Waals surface area contributed by atoms with E-state index in [1.165, 1.54) is 69.8 Å². The van der Waals surface area contributed by atoms with E-state index in [0.717, 1.165) is 23.4 Å². The Morgan fingerprint density at radius 2 is 1.57 bits per heavy atom. The van der Waals surface area contributed by atoms with E-state index in [9.17, 15) is 4.79 Å². The molecule has 0 N–H and O–H groups in total. The Morgan fingerprint density at radius 3 is 2.11 bits per heavy atom. The first-order valence-corrected chi connectivity index (χ1v) is 11.6. The Hall–Kier alpha value is -1.57. The van der Waals surface area contributed by atoms with Crippen molar-refractivity contribution in [1.29, 1.82) is 0 Å². The molecule has 2 nitrogen and oxygen atoms in total. The summed E-state index contributed by atoms with van der Waals surface area (Å²) in [6.07, 6.45) is 16.5. The molecule has 0 spiro atoms. The number of hydrogen-bond donors (Lipinski definition) is 0. The monoisotopic (exact) mass is 381 g/mol. The first-order valence-electron chi connectivity index (χ1n) is 11.6. The van der Waals surface area contributed by atoms with Crippen molar-refractivity contribution in [2.24, 2.45) is 17.8 Å². The van der Waals surface area contributed by atoms with Gasteiger partial charge < -0.3 is 4.90 Å². The lowest BCUT2D eigenvalue weighted by molar-refractivity contribution is -0.118. The van der Waals surface area contributed by atoms with Crippen LogP contribution < -0.4 is 4.90 Å². The summed E-state index contributed by atoms with van der Waals surface area (Å²) >= 11 is 0. The van der Waals surface area contributed by atoms with Crippen molar-refractivity contribution in [1.82, 2.24) is 0 Å². The molecule has 2 heteroatoms. The molecular formula is C26H39NO. The van der Waals surface area contributed by atoms with Crippen molar-refractivity contribution in [3.8, 4) is 0 Å². The van der Waals surface area contributed by atoms with Crippen LogP contribution in [0, 0.1) is 17.8 Å². The zero-order valence-electron chi connectivity index (χ0n) is 18.0. The lowest BCUT2D eigenvalue weighted by Crippen LogP contribution is -2.26. The summed E-state index contributed by atoms with van der Waals surface area (Å²) in [4.78, 5) is 13.6. The Bertz CT molecular complexity index is 618. The van der Waals surface area contributed by atoms with Crippen LogP contribution >= 0.6 is 0 Å².